The number of benzene rings is 1. The van der Waals surface area contributed by atoms with E-state index in [0.717, 1.165) is 44.0 Å². The number of ether oxygens (including phenoxy) is 3. The Morgan fingerprint density at radius 2 is 2.00 bits per heavy atom. The van der Waals surface area contributed by atoms with Crippen LogP contribution < -0.4 is 9.64 Å². The third-order valence-electron chi connectivity index (χ3n) is 4.09. The molecule has 0 spiro atoms. The summed E-state index contributed by atoms with van der Waals surface area (Å²) in [7, 11) is 0. The minimum Gasteiger partial charge on any atom is -0.491 e. The van der Waals surface area contributed by atoms with Crippen LogP contribution in [0, 0.1) is 0 Å². The second kappa shape index (κ2) is 10.0. The molecule has 0 bridgehead atoms. The summed E-state index contributed by atoms with van der Waals surface area (Å²) in [5.41, 5.74) is 1.05. The number of quaternary nitrogens is 1. The molecule has 5 heteroatoms. The summed E-state index contributed by atoms with van der Waals surface area (Å²) in [6.45, 7) is 13.0. The molecule has 0 unspecified atom stereocenters. The van der Waals surface area contributed by atoms with Crippen LogP contribution in [0.2, 0.25) is 5.02 Å². The van der Waals surface area contributed by atoms with Gasteiger partial charge in [0.1, 0.15) is 44.2 Å². The van der Waals surface area contributed by atoms with Crippen molar-refractivity contribution in [3.8, 4) is 5.75 Å². The standard InChI is InChI=1S/C19H28ClNO3/c1-4-5-17-12-18(20)6-7-19(17)23-11-10-22-9-8-21-13-15(2)24-16(3)14-21/h4,6-7,12,15-16H,1,5,8-11,13-14H2,2-3H3/p+1/t15-,16-/m1/s1. The third kappa shape index (κ3) is 6.44. The molecule has 1 N–H and O–H groups in total. The van der Waals surface area contributed by atoms with Crippen molar-refractivity contribution >= 4 is 11.6 Å². The Bertz CT molecular complexity index is 513. The average molecular weight is 355 g/mol. The number of hydrogen-bond acceptors (Lipinski definition) is 3. The van der Waals surface area contributed by atoms with Gasteiger partial charge in [-0.1, -0.05) is 17.7 Å². The van der Waals surface area contributed by atoms with Crippen LogP contribution in [0.15, 0.2) is 30.9 Å². The first-order valence-electron chi connectivity index (χ1n) is 8.67. The molecule has 0 aromatic heterocycles. The van der Waals surface area contributed by atoms with E-state index in [4.69, 9.17) is 25.8 Å². The van der Waals surface area contributed by atoms with Crippen molar-refractivity contribution in [3.05, 3.63) is 41.4 Å². The molecule has 0 amide bonds. The molecule has 1 aliphatic rings. The lowest BCUT2D eigenvalue weighted by molar-refractivity contribution is -0.915. The van der Waals surface area contributed by atoms with E-state index in [1.54, 1.807) is 4.90 Å². The van der Waals surface area contributed by atoms with Crippen LogP contribution in [0.5, 0.6) is 5.75 Å². The Hall–Kier alpha value is -1.07. The zero-order chi connectivity index (χ0) is 17.4. The smallest absolute Gasteiger partial charge is 0.123 e. The zero-order valence-corrected chi connectivity index (χ0v) is 15.5. The van der Waals surface area contributed by atoms with Gasteiger partial charge < -0.3 is 19.1 Å². The second-order valence-corrected chi connectivity index (χ2v) is 6.81. The van der Waals surface area contributed by atoms with E-state index in [-0.39, 0.29) is 0 Å². The quantitative estimate of drug-likeness (QED) is 0.545. The zero-order valence-electron chi connectivity index (χ0n) is 14.7. The molecule has 1 aromatic carbocycles. The maximum atomic E-state index is 6.02. The highest BCUT2D eigenvalue weighted by Gasteiger charge is 2.24. The maximum Gasteiger partial charge on any atom is 0.123 e. The number of allylic oxidation sites excluding steroid dienone is 1. The fourth-order valence-electron chi connectivity index (χ4n) is 3.13. The minimum atomic E-state index is 0.334. The highest BCUT2D eigenvalue weighted by atomic mass is 35.5. The average Bonchev–Trinajstić information content (AvgIpc) is 2.52. The second-order valence-electron chi connectivity index (χ2n) is 6.37. The Morgan fingerprint density at radius 1 is 1.25 bits per heavy atom. The van der Waals surface area contributed by atoms with Gasteiger partial charge in [-0.15, -0.1) is 6.58 Å². The van der Waals surface area contributed by atoms with Gasteiger partial charge in [0.2, 0.25) is 0 Å². The van der Waals surface area contributed by atoms with E-state index in [1.807, 2.05) is 24.3 Å². The topological polar surface area (TPSA) is 32.1 Å². The number of hydrogen-bond donors (Lipinski definition) is 1. The largest absolute Gasteiger partial charge is 0.491 e. The van der Waals surface area contributed by atoms with Crippen LogP contribution in [0.1, 0.15) is 19.4 Å². The molecule has 24 heavy (non-hydrogen) atoms. The van der Waals surface area contributed by atoms with Crippen molar-refractivity contribution in [3.63, 3.8) is 0 Å². The van der Waals surface area contributed by atoms with Crippen molar-refractivity contribution in [2.24, 2.45) is 0 Å². The molecule has 0 radical (unpaired) electrons. The first-order chi connectivity index (χ1) is 11.6. The summed E-state index contributed by atoms with van der Waals surface area (Å²) < 4.78 is 17.3. The summed E-state index contributed by atoms with van der Waals surface area (Å²) in [6, 6.07) is 5.67. The van der Waals surface area contributed by atoms with E-state index in [0.29, 0.717) is 30.4 Å². The van der Waals surface area contributed by atoms with Crippen molar-refractivity contribution in [2.45, 2.75) is 32.5 Å². The van der Waals surface area contributed by atoms with Crippen LogP contribution in [-0.4, -0.2) is 51.7 Å². The fourth-order valence-corrected chi connectivity index (χ4v) is 3.32. The predicted molar refractivity (Wildman–Crippen MR) is 97.2 cm³/mol. The summed E-state index contributed by atoms with van der Waals surface area (Å²) in [6.07, 6.45) is 3.26. The Labute approximate surface area is 150 Å². The highest BCUT2D eigenvalue weighted by molar-refractivity contribution is 6.30. The first-order valence-corrected chi connectivity index (χ1v) is 9.05. The molecule has 1 saturated heterocycles. The number of morpholine rings is 1. The fraction of sp³-hybridized carbons (Fsp3) is 0.579. The van der Waals surface area contributed by atoms with Gasteiger partial charge >= 0.3 is 0 Å². The van der Waals surface area contributed by atoms with Gasteiger partial charge in [0, 0.05) is 5.02 Å². The predicted octanol–water partition coefficient (Wildman–Crippen LogP) is 2.16. The van der Waals surface area contributed by atoms with Crippen LogP contribution in [0.25, 0.3) is 0 Å². The lowest BCUT2D eigenvalue weighted by Gasteiger charge is -2.32. The summed E-state index contributed by atoms with van der Waals surface area (Å²) in [4.78, 5) is 1.55. The minimum absolute atomic E-state index is 0.334. The summed E-state index contributed by atoms with van der Waals surface area (Å²) in [5, 5.41) is 0.715. The molecule has 1 aromatic rings. The molecule has 2 rings (SSSR count). The van der Waals surface area contributed by atoms with E-state index in [9.17, 15) is 0 Å². The molecule has 1 heterocycles. The molecular formula is C19H29ClNO3+. The Balaban J connectivity index is 1.64. The lowest BCUT2D eigenvalue weighted by atomic mass is 10.1. The molecule has 1 aliphatic heterocycles. The monoisotopic (exact) mass is 354 g/mol. The van der Waals surface area contributed by atoms with E-state index in [2.05, 4.69) is 20.4 Å². The lowest BCUT2D eigenvalue weighted by Crippen LogP contribution is -3.15. The van der Waals surface area contributed by atoms with E-state index >= 15 is 0 Å². The molecule has 2 atom stereocenters. The van der Waals surface area contributed by atoms with Crippen molar-refractivity contribution in [1.29, 1.82) is 0 Å². The van der Waals surface area contributed by atoms with E-state index < -0.39 is 0 Å². The van der Waals surface area contributed by atoms with Gasteiger partial charge in [-0.05, 0) is 44.0 Å². The van der Waals surface area contributed by atoms with Crippen molar-refractivity contribution in [2.75, 3.05) is 39.5 Å². The van der Waals surface area contributed by atoms with Crippen molar-refractivity contribution in [1.82, 2.24) is 0 Å². The molecule has 0 aliphatic carbocycles. The van der Waals surface area contributed by atoms with Gasteiger partial charge in [-0.25, -0.2) is 0 Å². The summed E-state index contributed by atoms with van der Waals surface area (Å²) >= 11 is 6.02. The highest BCUT2D eigenvalue weighted by Crippen LogP contribution is 2.23. The molecule has 4 nitrogen and oxygen atoms in total. The molecule has 0 saturated carbocycles. The van der Waals surface area contributed by atoms with Gasteiger partial charge in [-0.2, -0.15) is 0 Å². The molecule has 134 valence electrons. The first kappa shape index (κ1) is 19.3. The van der Waals surface area contributed by atoms with Gasteiger partial charge in [0.15, 0.2) is 0 Å². The van der Waals surface area contributed by atoms with Crippen LogP contribution in [0.3, 0.4) is 0 Å². The summed E-state index contributed by atoms with van der Waals surface area (Å²) in [5.74, 6) is 0.851. The van der Waals surface area contributed by atoms with Crippen LogP contribution >= 0.6 is 11.6 Å². The Kier molecular flexibility index (Phi) is 8.06. The van der Waals surface area contributed by atoms with Gasteiger partial charge in [0.25, 0.3) is 0 Å². The number of rotatable bonds is 9. The van der Waals surface area contributed by atoms with Crippen LogP contribution in [-0.2, 0) is 15.9 Å². The number of halogens is 1. The van der Waals surface area contributed by atoms with E-state index in [1.165, 1.54) is 0 Å². The SMILES string of the molecule is C=CCc1cc(Cl)ccc1OCCOCC[NH+]1C[C@@H](C)O[C@H](C)C1. The van der Waals surface area contributed by atoms with Gasteiger partial charge in [0.05, 0.1) is 13.2 Å². The molecular weight excluding hydrogens is 326 g/mol. The number of nitrogens with one attached hydrogen (secondary N) is 1. The normalized spacial score (nSPS) is 23.9. The Morgan fingerprint density at radius 3 is 2.71 bits per heavy atom. The van der Waals surface area contributed by atoms with Gasteiger partial charge in [-0.3, -0.25) is 0 Å². The molecule has 1 fully saturated rings. The van der Waals surface area contributed by atoms with Crippen LogP contribution in [0.4, 0.5) is 0 Å². The van der Waals surface area contributed by atoms with Crippen molar-refractivity contribution < 1.29 is 19.1 Å². The maximum absolute atomic E-state index is 6.02. The third-order valence-corrected chi connectivity index (χ3v) is 4.32.